The second-order valence-corrected chi connectivity index (χ2v) is 6.97. The molecule has 6 nitrogen and oxygen atoms in total. The molecule has 3 heterocycles. The molecule has 7 heteroatoms. The lowest BCUT2D eigenvalue weighted by atomic mass is 9.94. The fraction of sp³-hybridized carbons (Fsp3) is 0.533. The Morgan fingerprint density at radius 2 is 2.23 bits per heavy atom. The number of rotatable bonds is 4. The summed E-state index contributed by atoms with van der Waals surface area (Å²) < 4.78 is 0. The average Bonchev–Trinajstić information content (AvgIpc) is 3.11. The van der Waals surface area contributed by atoms with Gasteiger partial charge >= 0.3 is 0 Å². The van der Waals surface area contributed by atoms with Gasteiger partial charge in [-0.05, 0) is 45.8 Å². The van der Waals surface area contributed by atoms with Crippen molar-refractivity contribution in [1.82, 2.24) is 20.1 Å². The highest BCUT2D eigenvalue weighted by molar-refractivity contribution is 7.15. The Bertz CT molecular complexity index is 609. The van der Waals surface area contributed by atoms with Gasteiger partial charge in [0.2, 0.25) is 5.91 Å². The quantitative estimate of drug-likeness (QED) is 0.907. The zero-order valence-corrected chi connectivity index (χ0v) is 13.7. The summed E-state index contributed by atoms with van der Waals surface area (Å²) in [6.45, 7) is 6.29. The number of hydrogen-bond donors (Lipinski definition) is 2. The van der Waals surface area contributed by atoms with Gasteiger partial charge in [0, 0.05) is 22.7 Å². The van der Waals surface area contributed by atoms with E-state index in [4.69, 9.17) is 0 Å². The first-order valence-electron chi connectivity index (χ1n) is 7.57. The predicted molar refractivity (Wildman–Crippen MR) is 87.2 cm³/mol. The van der Waals surface area contributed by atoms with E-state index in [0.717, 1.165) is 36.5 Å². The number of thiazole rings is 1. The van der Waals surface area contributed by atoms with Gasteiger partial charge < -0.3 is 5.32 Å². The second kappa shape index (κ2) is 6.58. The molecule has 0 radical (unpaired) electrons. The Kier molecular flexibility index (Phi) is 4.54. The van der Waals surface area contributed by atoms with Crippen LogP contribution in [0.25, 0.3) is 0 Å². The third kappa shape index (κ3) is 3.53. The van der Waals surface area contributed by atoms with Crippen LogP contribution in [0.3, 0.4) is 0 Å². The number of nitrogens with zero attached hydrogens (tertiary/aromatic N) is 3. The molecule has 0 aromatic carbocycles. The summed E-state index contributed by atoms with van der Waals surface area (Å²) in [6, 6.07) is 2.04. The van der Waals surface area contributed by atoms with E-state index in [2.05, 4.69) is 25.4 Å². The van der Waals surface area contributed by atoms with Gasteiger partial charge in [0.15, 0.2) is 5.13 Å². The maximum atomic E-state index is 12.1. The summed E-state index contributed by atoms with van der Waals surface area (Å²) in [4.78, 5) is 19.8. The number of aromatic nitrogens is 3. The molecule has 0 bridgehead atoms. The van der Waals surface area contributed by atoms with Crippen LogP contribution >= 0.6 is 11.3 Å². The minimum Gasteiger partial charge on any atom is -0.301 e. The summed E-state index contributed by atoms with van der Waals surface area (Å²) >= 11 is 1.53. The van der Waals surface area contributed by atoms with E-state index in [9.17, 15) is 4.79 Å². The van der Waals surface area contributed by atoms with E-state index in [0.29, 0.717) is 17.6 Å². The first-order valence-corrected chi connectivity index (χ1v) is 8.39. The van der Waals surface area contributed by atoms with E-state index < -0.39 is 0 Å². The molecule has 2 aromatic rings. The number of aryl methyl sites for hydroxylation is 2. The minimum absolute atomic E-state index is 0.0220. The van der Waals surface area contributed by atoms with Crippen molar-refractivity contribution in [2.24, 2.45) is 0 Å². The maximum absolute atomic E-state index is 12.1. The van der Waals surface area contributed by atoms with Crippen molar-refractivity contribution in [3.8, 4) is 0 Å². The molecule has 0 atom stereocenters. The number of aromatic amines is 1. The molecule has 0 unspecified atom stereocenters. The van der Waals surface area contributed by atoms with Crippen LogP contribution in [-0.4, -0.2) is 45.6 Å². The molecule has 1 aliphatic rings. The highest BCUT2D eigenvalue weighted by atomic mass is 32.1. The second-order valence-electron chi connectivity index (χ2n) is 5.77. The third-order valence-electron chi connectivity index (χ3n) is 4.19. The Balaban J connectivity index is 1.47. The molecule has 0 saturated carbocycles. The van der Waals surface area contributed by atoms with E-state index in [-0.39, 0.29) is 5.91 Å². The van der Waals surface area contributed by atoms with Crippen molar-refractivity contribution in [3.63, 3.8) is 0 Å². The third-order valence-corrected chi connectivity index (χ3v) is 5.18. The average molecular weight is 319 g/mol. The topological polar surface area (TPSA) is 73.9 Å². The Morgan fingerprint density at radius 1 is 1.45 bits per heavy atom. The summed E-state index contributed by atoms with van der Waals surface area (Å²) in [5, 5.41) is 10.7. The normalized spacial score (nSPS) is 16.8. The van der Waals surface area contributed by atoms with Crippen molar-refractivity contribution in [2.45, 2.75) is 32.6 Å². The SMILES string of the molecule is Cc1nc(NC(=O)CN2CCC(c3ccn[nH]3)CC2)sc1C. The van der Waals surface area contributed by atoms with E-state index in [1.807, 2.05) is 19.9 Å². The molecule has 3 rings (SSSR count). The first-order chi connectivity index (χ1) is 10.6. The van der Waals surface area contributed by atoms with Gasteiger partial charge in [-0.3, -0.25) is 14.8 Å². The van der Waals surface area contributed by atoms with Crippen LogP contribution < -0.4 is 5.32 Å². The highest BCUT2D eigenvalue weighted by Crippen LogP contribution is 2.26. The Morgan fingerprint density at radius 3 is 2.82 bits per heavy atom. The van der Waals surface area contributed by atoms with Gasteiger partial charge in [0.25, 0.3) is 0 Å². The molecule has 1 amide bonds. The number of nitrogens with one attached hydrogen (secondary N) is 2. The molecule has 22 heavy (non-hydrogen) atoms. The molecule has 1 fully saturated rings. The van der Waals surface area contributed by atoms with Gasteiger partial charge in [-0.25, -0.2) is 4.98 Å². The van der Waals surface area contributed by atoms with E-state index in [1.165, 1.54) is 17.0 Å². The van der Waals surface area contributed by atoms with Crippen LogP contribution in [-0.2, 0) is 4.79 Å². The highest BCUT2D eigenvalue weighted by Gasteiger charge is 2.23. The molecular formula is C15H21N5OS. The summed E-state index contributed by atoms with van der Waals surface area (Å²) in [7, 11) is 0. The molecule has 1 saturated heterocycles. The molecule has 2 aromatic heterocycles. The summed E-state index contributed by atoms with van der Waals surface area (Å²) in [6.07, 6.45) is 3.92. The van der Waals surface area contributed by atoms with Crippen LogP contribution in [0, 0.1) is 13.8 Å². The first kappa shape index (κ1) is 15.2. The number of carbonyl (C=O) groups excluding carboxylic acids is 1. The number of carbonyl (C=O) groups is 1. The molecule has 118 valence electrons. The van der Waals surface area contributed by atoms with Crippen LogP contribution in [0.4, 0.5) is 5.13 Å². The Labute approximate surface area is 133 Å². The van der Waals surface area contributed by atoms with E-state index >= 15 is 0 Å². The Hall–Kier alpha value is -1.73. The zero-order chi connectivity index (χ0) is 15.5. The summed E-state index contributed by atoms with van der Waals surface area (Å²) in [5.74, 6) is 0.555. The van der Waals surface area contributed by atoms with Gasteiger partial charge in [0.1, 0.15) is 0 Å². The number of likely N-dealkylation sites (tertiary alicyclic amines) is 1. The van der Waals surface area contributed by atoms with Crippen molar-refractivity contribution in [2.75, 3.05) is 25.0 Å². The number of piperidine rings is 1. The van der Waals surface area contributed by atoms with Crippen molar-refractivity contribution in [3.05, 3.63) is 28.5 Å². The van der Waals surface area contributed by atoms with Crippen molar-refractivity contribution < 1.29 is 4.79 Å². The zero-order valence-electron chi connectivity index (χ0n) is 12.9. The van der Waals surface area contributed by atoms with Crippen LogP contribution in [0.1, 0.15) is 35.0 Å². The monoisotopic (exact) mass is 319 g/mol. The molecule has 1 aliphatic heterocycles. The van der Waals surface area contributed by atoms with Crippen LogP contribution in [0.15, 0.2) is 12.3 Å². The van der Waals surface area contributed by atoms with Crippen LogP contribution in [0.2, 0.25) is 0 Å². The van der Waals surface area contributed by atoms with Gasteiger partial charge in [-0.1, -0.05) is 0 Å². The number of amides is 1. The van der Waals surface area contributed by atoms with Gasteiger partial charge in [-0.15, -0.1) is 11.3 Å². The lowest BCUT2D eigenvalue weighted by molar-refractivity contribution is -0.117. The largest absolute Gasteiger partial charge is 0.301 e. The maximum Gasteiger partial charge on any atom is 0.240 e. The van der Waals surface area contributed by atoms with Gasteiger partial charge in [-0.2, -0.15) is 5.10 Å². The fourth-order valence-corrected chi connectivity index (χ4v) is 3.61. The smallest absolute Gasteiger partial charge is 0.240 e. The van der Waals surface area contributed by atoms with Crippen LogP contribution in [0.5, 0.6) is 0 Å². The lowest BCUT2D eigenvalue weighted by Crippen LogP contribution is -2.38. The van der Waals surface area contributed by atoms with Crippen molar-refractivity contribution in [1.29, 1.82) is 0 Å². The lowest BCUT2D eigenvalue weighted by Gasteiger charge is -2.30. The standard InChI is InChI=1S/C15H21N5OS/c1-10-11(2)22-15(17-10)18-14(21)9-20-7-4-12(5-8-20)13-3-6-16-19-13/h3,6,12H,4-5,7-9H2,1-2H3,(H,16,19)(H,17,18,21). The number of hydrogen-bond acceptors (Lipinski definition) is 5. The molecular weight excluding hydrogens is 298 g/mol. The molecule has 0 aliphatic carbocycles. The number of H-pyrrole nitrogens is 1. The molecule has 2 N–H and O–H groups in total. The van der Waals surface area contributed by atoms with Gasteiger partial charge in [0.05, 0.1) is 12.2 Å². The summed E-state index contributed by atoms with van der Waals surface area (Å²) in [5.41, 5.74) is 2.19. The van der Waals surface area contributed by atoms with E-state index in [1.54, 1.807) is 6.20 Å². The van der Waals surface area contributed by atoms with Crippen molar-refractivity contribution >= 4 is 22.4 Å². The predicted octanol–water partition coefficient (Wildman–Crippen LogP) is 2.30. The minimum atomic E-state index is 0.0220. The number of anilines is 1. The molecule has 0 spiro atoms. The fourth-order valence-electron chi connectivity index (χ4n) is 2.78.